The van der Waals surface area contributed by atoms with Crippen LogP contribution in [0.25, 0.3) is 0 Å². The first-order valence-electron chi connectivity index (χ1n) is 7.43. The van der Waals surface area contributed by atoms with Crippen molar-refractivity contribution in [3.63, 3.8) is 0 Å². The third-order valence-electron chi connectivity index (χ3n) is 4.54. The van der Waals surface area contributed by atoms with Crippen molar-refractivity contribution < 1.29 is 4.79 Å². The summed E-state index contributed by atoms with van der Waals surface area (Å²) in [5.74, 6) is -0.138. The van der Waals surface area contributed by atoms with Crippen LogP contribution in [0, 0.1) is 0 Å². The second-order valence-corrected chi connectivity index (χ2v) is 5.77. The van der Waals surface area contributed by atoms with Crippen molar-refractivity contribution in [1.29, 1.82) is 0 Å². The SMILES string of the molecule is CCN(C(=O)c1ccc[nH]c1=O)C1CC2CCC(C1)N2. The Hall–Kier alpha value is -1.62. The molecule has 2 saturated heterocycles. The van der Waals surface area contributed by atoms with Gasteiger partial charge in [-0.25, -0.2) is 0 Å². The summed E-state index contributed by atoms with van der Waals surface area (Å²) in [7, 11) is 0. The maximum absolute atomic E-state index is 12.6. The van der Waals surface area contributed by atoms with Gasteiger partial charge < -0.3 is 15.2 Å². The Kier molecular flexibility index (Phi) is 3.61. The molecule has 5 heteroatoms. The van der Waals surface area contributed by atoms with Gasteiger partial charge in [-0.15, -0.1) is 0 Å². The molecule has 2 unspecified atom stereocenters. The largest absolute Gasteiger partial charge is 0.336 e. The van der Waals surface area contributed by atoms with E-state index in [1.807, 2.05) is 11.8 Å². The minimum absolute atomic E-state index is 0.138. The Balaban J connectivity index is 1.81. The number of fused-ring (bicyclic) bond motifs is 2. The van der Waals surface area contributed by atoms with E-state index >= 15 is 0 Å². The smallest absolute Gasteiger partial charge is 0.260 e. The number of piperidine rings is 1. The number of aromatic amines is 1. The van der Waals surface area contributed by atoms with Gasteiger partial charge in [0.25, 0.3) is 11.5 Å². The summed E-state index contributed by atoms with van der Waals surface area (Å²) < 4.78 is 0. The molecule has 5 nitrogen and oxygen atoms in total. The van der Waals surface area contributed by atoms with Gasteiger partial charge in [0.15, 0.2) is 0 Å². The van der Waals surface area contributed by atoms with Gasteiger partial charge in [-0.3, -0.25) is 9.59 Å². The van der Waals surface area contributed by atoms with Crippen molar-refractivity contribution in [2.24, 2.45) is 0 Å². The maximum Gasteiger partial charge on any atom is 0.260 e. The van der Waals surface area contributed by atoms with Crippen molar-refractivity contribution in [2.45, 2.75) is 50.7 Å². The highest BCUT2D eigenvalue weighted by atomic mass is 16.2. The van der Waals surface area contributed by atoms with Crippen LogP contribution in [0.15, 0.2) is 23.1 Å². The predicted molar refractivity (Wildman–Crippen MR) is 76.7 cm³/mol. The van der Waals surface area contributed by atoms with Gasteiger partial charge in [-0.2, -0.15) is 0 Å². The Morgan fingerprint density at radius 2 is 2.05 bits per heavy atom. The van der Waals surface area contributed by atoms with E-state index in [9.17, 15) is 9.59 Å². The van der Waals surface area contributed by atoms with Crippen LogP contribution in [-0.2, 0) is 0 Å². The number of carbonyl (C=O) groups excluding carboxylic acids is 1. The molecule has 1 aromatic rings. The van der Waals surface area contributed by atoms with E-state index in [1.165, 1.54) is 12.8 Å². The topological polar surface area (TPSA) is 65.2 Å². The number of H-pyrrole nitrogens is 1. The van der Waals surface area contributed by atoms with Crippen molar-refractivity contribution in [2.75, 3.05) is 6.54 Å². The normalized spacial score (nSPS) is 28.4. The lowest BCUT2D eigenvalue weighted by atomic mass is 9.97. The summed E-state index contributed by atoms with van der Waals surface area (Å²) >= 11 is 0. The molecular weight excluding hydrogens is 254 g/mol. The number of nitrogens with zero attached hydrogens (tertiary/aromatic N) is 1. The molecule has 2 N–H and O–H groups in total. The van der Waals surface area contributed by atoms with Crippen molar-refractivity contribution >= 4 is 5.91 Å². The molecule has 1 aromatic heterocycles. The molecule has 0 aromatic carbocycles. The fourth-order valence-electron chi connectivity index (χ4n) is 3.59. The van der Waals surface area contributed by atoms with E-state index in [4.69, 9.17) is 0 Å². The average Bonchev–Trinajstić information content (AvgIpc) is 2.79. The van der Waals surface area contributed by atoms with E-state index in [-0.39, 0.29) is 23.1 Å². The average molecular weight is 275 g/mol. The van der Waals surface area contributed by atoms with Crippen LogP contribution in [0.2, 0.25) is 0 Å². The molecule has 1 amide bonds. The Morgan fingerprint density at radius 1 is 1.35 bits per heavy atom. The molecular formula is C15H21N3O2. The summed E-state index contributed by atoms with van der Waals surface area (Å²) in [4.78, 5) is 28.9. The van der Waals surface area contributed by atoms with Crippen molar-refractivity contribution in [3.05, 3.63) is 34.2 Å². The molecule has 0 spiro atoms. The van der Waals surface area contributed by atoms with Crippen LogP contribution in [0.4, 0.5) is 0 Å². The number of amides is 1. The first kappa shape index (κ1) is 13.4. The molecule has 3 rings (SSSR count). The second-order valence-electron chi connectivity index (χ2n) is 5.77. The fourth-order valence-corrected chi connectivity index (χ4v) is 3.59. The number of hydrogen-bond donors (Lipinski definition) is 2. The predicted octanol–water partition coefficient (Wildman–Crippen LogP) is 1.12. The van der Waals surface area contributed by atoms with Gasteiger partial charge in [-0.1, -0.05) is 0 Å². The number of hydrogen-bond acceptors (Lipinski definition) is 3. The molecule has 0 aliphatic carbocycles. The fraction of sp³-hybridized carbons (Fsp3) is 0.600. The summed E-state index contributed by atoms with van der Waals surface area (Å²) in [6, 6.07) is 4.64. The van der Waals surface area contributed by atoms with E-state index in [0.717, 1.165) is 12.8 Å². The lowest BCUT2D eigenvalue weighted by Crippen LogP contribution is -2.50. The first-order valence-corrected chi connectivity index (χ1v) is 7.43. The minimum atomic E-state index is -0.298. The number of carbonyl (C=O) groups is 1. The van der Waals surface area contributed by atoms with Gasteiger partial charge in [0, 0.05) is 30.9 Å². The number of rotatable bonds is 3. The Labute approximate surface area is 118 Å². The van der Waals surface area contributed by atoms with Crippen LogP contribution in [0.5, 0.6) is 0 Å². The minimum Gasteiger partial charge on any atom is -0.336 e. The third kappa shape index (κ3) is 2.38. The highest BCUT2D eigenvalue weighted by Crippen LogP contribution is 2.30. The zero-order valence-corrected chi connectivity index (χ0v) is 11.8. The number of aromatic nitrogens is 1. The standard InChI is InChI=1S/C15H21N3O2/c1-2-18(12-8-10-5-6-11(9-12)17-10)15(20)13-4-3-7-16-14(13)19/h3-4,7,10-12,17H,2,5-6,8-9H2,1H3,(H,16,19). The molecule has 0 radical (unpaired) electrons. The van der Waals surface area contributed by atoms with E-state index < -0.39 is 0 Å². The van der Waals surface area contributed by atoms with Gasteiger partial charge in [0.1, 0.15) is 5.56 Å². The molecule has 20 heavy (non-hydrogen) atoms. The highest BCUT2D eigenvalue weighted by Gasteiger charge is 2.37. The maximum atomic E-state index is 12.6. The molecule has 2 bridgehead atoms. The molecule has 108 valence electrons. The first-order chi connectivity index (χ1) is 9.69. The summed E-state index contributed by atoms with van der Waals surface area (Å²) in [5, 5.41) is 3.58. The van der Waals surface area contributed by atoms with Crippen LogP contribution < -0.4 is 10.9 Å². The Morgan fingerprint density at radius 3 is 2.65 bits per heavy atom. The van der Waals surface area contributed by atoms with Crippen LogP contribution in [0.1, 0.15) is 43.0 Å². The van der Waals surface area contributed by atoms with Crippen molar-refractivity contribution in [1.82, 2.24) is 15.2 Å². The number of nitrogens with one attached hydrogen (secondary N) is 2. The third-order valence-corrected chi connectivity index (χ3v) is 4.54. The van der Waals surface area contributed by atoms with E-state index in [0.29, 0.717) is 18.6 Å². The highest BCUT2D eigenvalue weighted by molar-refractivity contribution is 5.94. The van der Waals surface area contributed by atoms with Gasteiger partial charge in [0.05, 0.1) is 0 Å². The molecule has 0 saturated carbocycles. The van der Waals surface area contributed by atoms with Crippen LogP contribution >= 0.6 is 0 Å². The van der Waals surface area contributed by atoms with Crippen LogP contribution in [0.3, 0.4) is 0 Å². The number of pyridine rings is 1. The van der Waals surface area contributed by atoms with E-state index in [2.05, 4.69) is 10.3 Å². The molecule has 2 aliphatic heterocycles. The molecule has 2 aliphatic rings. The van der Waals surface area contributed by atoms with Gasteiger partial charge >= 0.3 is 0 Å². The molecule has 2 atom stereocenters. The lowest BCUT2D eigenvalue weighted by Gasteiger charge is -2.37. The zero-order valence-electron chi connectivity index (χ0n) is 11.8. The lowest BCUT2D eigenvalue weighted by molar-refractivity contribution is 0.0629. The summed E-state index contributed by atoms with van der Waals surface area (Å²) in [6.07, 6.45) is 5.97. The monoisotopic (exact) mass is 275 g/mol. The van der Waals surface area contributed by atoms with Crippen LogP contribution in [-0.4, -0.2) is 40.5 Å². The van der Waals surface area contributed by atoms with Gasteiger partial charge in [0.2, 0.25) is 0 Å². The van der Waals surface area contributed by atoms with E-state index in [1.54, 1.807) is 18.3 Å². The molecule has 2 fully saturated rings. The second kappa shape index (κ2) is 5.40. The quantitative estimate of drug-likeness (QED) is 0.869. The zero-order chi connectivity index (χ0) is 14.1. The Bertz CT molecular complexity index is 542. The van der Waals surface area contributed by atoms with Crippen molar-refractivity contribution in [3.8, 4) is 0 Å². The summed E-state index contributed by atoms with van der Waals surface area (Å²) in [5.41, 5.74) is -0.0481. The molecule has 3 heterocycles. The van der Waals surface area contributed by atoms with Gasteiger partial charge in [-0.05, 0) is 44.7 Å². The summed E-state index contributed by atoms with van der Waals surface area (Å²) in [6.45, 7) is 2.64.